The molecule has 0 radical (unpaired) electrons. The number of rotatable bonds is 11. The molecule has 0 heterocycles. The van der Waals surface area contributed by atoms with Gasteiger partial charge in [0, 0.05) is 25.2 Å². The summed E-state index contributed by atoms with van der Waals surface area (Å²) in [6.45, 7) is 1.20. The van der Waals surface area contributed by atoms with Crippen molar-refractivity contribution in [1.29, 1.82) is 0 Å². The van der Waals surface area contributed by atoms with Crippen molar-refractivity contribution in [1.82, 2.24) is 10.6 Å². The summed E-state index contributed by atoms with van der Waals surface area (Å²) >= 11 is 23.6. The molecule has 0 aliphatic heterocycles. The van der Waals surface area contributed by atoms with Crippen LogP contribution < -0.4 is 10.6 Å². The lowest BCUT2D eigenvalue weighted by atomic mass is 10.2. The first-order valence-electron chi connectivity index (χ1n) is 10.2. The van der Waals surface area contributed by atoms with Gasteiger partial charge in [-0.05, 0) is 60.4 Å². The fourth-order valence-electron chi connectivity index (χ4n) is 2.72. The molecule has 0 bridgehead atoms. The number of hydrogen-bond acceptors (Lipinski definition) is 2. The lowest BCUT2D eigenvalue weighted by molar-refractivity contribution is -0.117. The molecule has 2 N–H and O–H groups in total. The number of nitrogens with one attached hydrogen (secondary N) is 2. The lowest BCUT2D eigenvalue weighted by Gasteiger charge is -2.04. The van der Waals surface area contributed by atoms with Crippen LogP contribution in [0.3, 0.4) is 0 Å². The van der Waals surface area contributed by atoms with Crippen molar-refractivity contribution < 1.29 is 9.59 Å². The zero-order valence-corrected chi connectivity index (χ0v) is 20.4. The summed E-state index contributed by atoms with van der Waals surface area (Å²) in [6, 6.07) is 10.4. The summed E-state index contributed by atoms with van der Waals surface area (Å²) in [6.07, 6.45) is 10.0. The van der Waals surface area contributed by atoms with Gasteiger partial charge in [0.1, 0.15) is 0 Å². The van der Waals surface area contributed by atoms with Gasteiger partial charge >= 0.3 is 0 Å². The molecule has 2 amide bonds. The Morgan fingerprint density at radius 2 is 1.03 bits per heavy atom. The van der Waals surface area contributed by atoms with Crippen LogP contribution >= 0.6 is 46.4 Å². The highest BCUT2D eigenvalue weighted by molar-refractivity contribution is 6.42. The van der Waals surface area contributed by atoms with Crippen LogP contribution in [0.2, 0.25) is 20.1 Å². The first-order chi connectivity index (χ1) is 15.3. The zero-order chi connectivity index (χ0) is 23.3. The largest absolute Gasteiger partial charge is 0.353 e. The molecule has 170 valence electrons. The van der Waals surface area contributed by atoms with Crippen molar-refractivity contribution in [3.05, 3.63) is 79.8 Å². The molecule has 0 spiro atoms. The molecule has 0 unspecified atom stereocenters. The SMILES string of the molecule is O=C(/C=C/c1ccc(Cl)c(Cl)c1)NCCCCCCNC(=O)/C=C/c1ccc(Cl)c(Cl)c1. The molecule has 0 saturated carbocycles. The Morgan fingerprint density at radius 1 is 0.625 bits per heavy atom. The predicted molar refractivity (Wildman–Crippen MR) is 135 cm³/mol. The van der Waals surface area contributed by atoms with Crippen LogP contribution in [0.4, 0.5) is 0 Å². The average molecular weight is 514 g/mol. The Morgan fingerprint density at radius 3 is 1.41 bits per heavy atom. The second kappa shape index (κ2) is 14.2. The number of amides is 2. The Balaban J connectivity index is 1.52. The smallest absolute Gasteiger partial charge is 0.243 e. The van der Waals surface area contributed by atoms with Gasteiger partial charge in [0.2, 0.25) is 11.8 Å². The average Bonchev–Trinajstić information content (AvgIpc) is 2.77. The van der Waals surface area contributed by atoms with Crippen molar-refractivity contribution >= 4 is 70.4 Å². The molecule has 32 heavy (non-hydrogen) atoms. The topological polar surface area (TPSA) is 58.2 Å². The first-order valence-corrected chi connectivity index (χ1v) is 11.7. The third kappa shape index (κ3) is 10.1. The second-order valence-corrected chi connectivity index (χ2v) is 8.64. The van der Waals surface area contributed by atoms with E-state index >= 15 is 0 Å². The lowest BCUT2D eigenvalue weighted by Crippen LogP contribution is -2.23. The monoisotopic (exact) mass is 512 g/mol. The van der Waals surface area contributed by atoms with Gasteiger partial charge < -0.3 is 10.6 Å². The summed E-state index contributed by atoms with van der Waals surface area (Å²) in [5.41, 5.74) is 1.62. The molecule has 2 aromatic carbocycles. The van der Waals surface area contributed by atoms with Crippen molar-refractivity contribution in [2.45, 2.75) is 25.7 Å². The van der Waals surface area contributed by atoms with Crippen LogP contribution in [0.1, 0.15) is 36.8 Å². The third-order valence-electron chi connectivity index (χ3n) is 4.44. The molecule has 2 rings (SSSR count). The van der Waals surface area contributed by atoms with Crippen LogP contribution in [0.5, 0.6) is 0 Å². The predicted octanol–water partition coefficient (Wildman–Crippen LogP) is 6.82. The number of hydrogen-bond donors (Lipinski definition) is 2. The summed E-state index contributed by atoms with van der Waals surface area (Å²) < 4.78 is 0. The van der Waals surface area contributed by atoms with E-state index in [1.807, 2.05) is 0 Å². The van der Waals surface area contributed by atoms with E-state index in [0.717, 1.165) is 36.8 Å². The van der Waals surface area contributed by atoms with Gasteiger partial charge in [-0.3, -0.25) is 9.59 Å². The highest BCUT2D eigenvalue weighted by Crippen LogP contribution is 2.23. The van der Waals surface area contributed by atoms with Gasteiger partial charge in [-0.2, -0.15) is 0 Å². The van der Waals surface area contributed by atoms with Gasteiger partial charge in [0.25, 0.3) is 0 Å². The maximum absolute atomic E-state index is 11.9. The summed E-state index contributed by atoms with van der Waals surface area (Å²) in [5.74, 6) is -0.311. The number of carbonyl (C=O) groups is 2. The van der Waals surface area contributed by atoms with Gasteiger partial charge in [-0.1, -0.05) is 71.4 Å². The number of carbonyl (C=O) groups excluding carboxylic acids is 2. The Labute approximate surface area is 208 Å². The summed E-state index contributed by atoms with van der Waals surface area (Å²) in [7, 11) is 0. The van der Waals surface area contributed by atoms with Crippen molar-refractivity contribution in [3.63, 3.8) is 0 Å². The third-order valence-corrected chi connectivity index (χ3v) is 5.92. The Bertz CT molecular complexity index is 910. The summed E-state index contributed by atoms with van der Waals surface area (Å²) in [5, 5.41) is 7.55. The second-order valence-electron chi connectivity index (χ2n) is 7.01. The Kier molecular flexibility index (Phi) is 11.7. The maximum atomic E-state index is 11.9. The first kappa shape index (κ1) is 26.3. The van der Waals surface area contributed by atoms with E-state index in [9.17, 15) is 9.59 Å². The molecular formula is C24H24Cl4N2O2. The summed E-state index contributed by atoms with van der Waals surface area (Å²) in [4.78, 5) is 23.7. The van der Waals surface area contributed by atoms with E-state index in [2.05, 4.69) is 10.6 Å². The number of benzene rings is 2. The molecule has 4 nitrogen and oxygen atoms in total. The molecule has 0 fully saturated rings. The van der Waals surface area contributed by atoms with E-state index in [-0.39, 0.29) is 11.8 Å². The van der Waals surface area contributed by atoms with E-state index < -0.39 is 0 Å². The molecule has 0 aliphatic rings. The fourth-order valence-corrected chi connectivity index (χ4v) is 3.33. The van der Waals surface area contributed by atoms with E-state index in [1.54, 1.807) is 48.6 Å². The van der Waals surface area contributed by atoms with Gasteiger partial charge in [0.15, 0.2) is 0 Å². The number of unbranched alkanes of at least 4 members (excludes halogenated alkanes) is 3. The van der Waals surface area contributed by atoms with Crippen molar-refractivity contribution in [3.8, 4) is 0 Å². The van der Waals surface area contributed by atoms with E-state index in [0.29, 0.717) is 33.2 Å². The number of halogens is 4. The van der Waals surface area contributed by atoms with Crippen LogP contribution in [-0.2, 0) is 9.59 Å². The minimum absolute atomic E-state index is 0.155. The van der Waals surface area contributed by atoms with Crippen LogP contribution in [0, 0.1) is 0 Å². The van der Waals surface area contributed by atoms with Crippen LogP contribution in [0.25, 0.3) is 12.2 Å². The highest BCUT2D eigenvalue weighted by Gasteiger charge is 2.00. The highest BCUT2D eigenvalue weighted by atomic mass is 35.5. The van der Waals surface area contributed by atoms with Crippen molar-refractivity contribution in [2.75, 3.05) is 13.1 Å². The van der Waals surface area contributed by atoms with Crippen LogP contribution in [-0.4, -0.2) is 24.9 Å². The van der Waals surface area contributed by atoms with Gasteiger partial charge in [-0.25, -0.2) is 0 Å². The molecule has 0 atom stereocenters. The molecular weight excluding hydrogens is 490 g/mol. The molecule has 0 saturated heterocycles. The van der Waals surface area contributed by atoms with E-state index in [4.69, 9.17) is 46.4 Å². The molecule has 0 aliphatic carbocycles. The van der Waals surface area contributed by atoms with Crippen LogP contribution in [0.15, 0.2) is 48.6 Å². The minimum Gasteiger partial charge on any atom is -0.353 e. The molecule has 8 heteroatoms. The van der Waals surface area contributed by atoms with Gasteiger partial charge in [-0.15, -0.1) is 0 Å². The zero-order valence-electron chi connectivity index (χ0n) is 17.3. The quantitative estimate of drug-likeness (QED) is 0.256. The standard InChI is InChI=1S/C24H24Cl4N2O2/c25-19-9-5-17(15-21(19)27)7-11-23(31)29-13-3-1-2-4-14-30-24(32)12-8-18-6-10-20(26)22(28)16-18/h5-12,15-16H,1-4,13-14H2,(H,29,31)(H,30,32)/b11-7+,12-8+. The molecule has 0 aromatic heterocycles. The minimum atomic E-state index is -0.155. The normalized spacial score (nSPS) is 11.2. The van der Waals surface area contributed by atoms with Crippen molar-refractivity contribution in [2.24, 2.45) is 0 Å². The maximum Gasteiger partial charge on any atom is 0.243 e. The Hall–Kier alpha value is -1.98. The molecule has 2 aromatic rings. The van der Waals surface area contributed by atoms with E-state index in [1.165, 1.54) is 12.2 Å². The van der Waals surface area contributed by atoms with Gasteiger partial charge in [0.05, 0.1) is 20.1 Å². The fraction of sp³-hybridized carbons (Fsp3) is 0.250.